The summed E-state index contributed by atoms with van der Waals surface area (Å²) in [7, 11) is 2.10. The van der Waals surface area contributed by atoms with Crippen molar-refractivity contribution in [1.29, 1.82) is 0 Å². The van der Waals surface area contributed by atoms with Crippen LogP contribution in [0.2, 0.25) is 0 Å². The molecule has 1 aliphatic carbocycles. The van der Waals surface area contributed by atoms with Crippen molar-refractivity contribution >= 4 is 28.5 Å². The lowest BCUT2D eigenvalue weighted by Gasteiger charge is -2.45. The predicted octanol–water partition coefficient (Wildman–Crippen LogP) is 2.81. The van der Waals surface area contributed by atoms with E-state index in [1.54, 1.807) is 0 Å². The molecule has 2 aliphatic rings. The van der Waals surface area contributed by atoms with Gasteiger partial charge in [0.25, 0.3) is 0 Å². The second-order valence-electron chi connectivity index (χ2n) is 7.18. The summed E-state index contributed by atoms with van der Waals surface area (Å²) in [6, 6.07) is 6.29. The second kappa shape index (κ2) is 6.89. The van der Waals surface area contributed by atoms with Gasteiger partial charge in [0.15, 0.2) is 0 Å². The SMILES string of the molecule is CN1CC(NC(=O)N(CCCl)N=O)C[C@@H]2c3cccc4[nH]cc(c34)C[C@H]21. The highest BCUT2D eigenvalue weighted by atomic mass is 35.5. The molecule has 1 aliphatic heterocycles. The van der Waals surface area contributed by atoms with Crippen LogP contribution in [-0.2, 0) is 6.42 Å². The molecule has 2 amide bonds. The maximum Gasteiger partial charge on any atom is 0.340 e. The largest absolute Gasteiger partial charge is 0.361 e. The van der Waals surface area contributed by atoms with Gasteiger partial charge in [-0.05, 0) is 37.1 Å². The van der Waals surface area contributed by atoms with Crippen molar-refractivity contribution < 1.29 is 4.79 Å². The van der Waals surface area contributed by atoms with E-state index in [2.05, 4.69) is 51.9 Å². The van der Waals surface area contributed by atoms with Crippen LogP contribution in [0, 0.1) is 4.91 Å². The Bertz CT molecular complexity index is 838. The first kappa shape index (κ1) is 17.3. The first-order chi connectivity index (χ1) is 12.6. The number of hydrogen-bond donors (Lipinski definition) is 2. The Morgan fingerprint density at radius 1 is 1.50 bits per heavy atom. The Morgan fingerprint density at radius 2 is 2.35 bits per heavy atom. The molecule has 0 spiro atoms. The number of carbonyl (C=O) groups excluding carboxylic acids is 1. The summed E-state index contributed by atoms with van der Waals surface area (Å²) >= 11 is 5.63. The minimum absolute atomic E-state index is 0.0379. The van der Waals surface area contributed by atoms with Gasteiger partial charge in [0.05, 0.1) is 11.8 Å². The monoisotopic (exact) mass is 375 g/mol. The smallest absolute Gasteiger partial charge is 0.340 e. The van der Waals surface area contributed by atoms with Gasteiger partial charge in [0.2, 0.25) is 0 Å². The average molecular weight is 376 g/mol. The molecule has 2 heterocycles. The number of likely N-dealkylation sites (N-methyl/N-ethyl adjacent to an activating group) is 1. The molecule has 26 heavy (non-hydrogen) atoms. The van der Waals surface area contributed by atoms with Crippen molar-refractivity contribution in [2.45, 2.75) is 30.8 Å². The second-order valence-corrected chi connectivity index (χ2v) is 7.56. The Morgan fingerprint density at radius 3 is 3.12 bits per heavy atom. The van der Waals surface area contributed by atoms with Gasteiger partial charge in [-0.25, -0.2) is 4.79 Å². The average Bonchev–Trinajstić information content (AvgIpc) is 3.05. The van der Waals surface area contributed by atoms with E-state index in [0.717, 1.165) is 24.4 Å². The van der Waals surface area contributed by atoms with Crippen molar-refractivity contribution in [1.82, 2.24) is 20.2 Å². The number of hydrogen-bond acceptors (Lipinski definition) is 4. The predicted molar refractivity (Wildman–Crippen MR) is 101 cm³/mol. The van der Waals surface area contributed by atoms with Gasteiger partial charge in [0, 0.05) is 47.5 Å². The van der Waals surface area contributed by atoms with Gasteiger partial charge in [-0.15, -0.1) is 16.5 Å². The number of amides is 2. The standard InChI is InChI=1S/C18H22ClN5O2/c1-23-10-12(21-18(25)24(22-26)6-5-19)8-14-13-3-2-4-15-17(13)11(9-20-15)7-16(14)23/h2-4,9,12,14,16,20H,5-8,10H2,1H3,(H,21,25)/t12?,14-,16-/m1/s1. The fourth-order valence-electron chi connectivity index (χ4n) is 4.56. The first-order valence-electron chi connectivity index (χ1n) is 8.88. The molecule has 2 aromatic rings. The maximum atomic E-state index is 12.3. The number of urea groups is 1. The third kappa shape index (κ3) is 2.85. The summed E-state index contributed by atoms with van der Waals surface area (Å²) in [5, 5.41) is 7.90. The third-order valence-electron chi connectivity index (χ3n) is 5.68. The van der Waals surface area contributed by atoms with Crippen LogP contribution in [0.15, 0.2) is 29.7 Å². The maximum absolute atomic E-state index is 12.3. The van der Waals surface area contributed by atoms with E-state index in [1.165, 1.54) is 22.0 Å². The van der Waals surface area contributed by atoms with E-state index in [1.807, 2.05) is 0 Å². The molecule has 4 rings (SSSR count). The highest BCUT2D eigenvalue weighted by Crippen LogP contribution is 2.42. The van der Waals surface area contributed by atoms with Gasteiger partial charge in [-0.2, -0.15) is 5.01 Å². The van der Waals surface area contributed by atoms with Crippen LogP contribution in [0.5, 0.6) is 0 Å². The normalized spacial score (nSPS) is 24.9. The molecule has 1 fully saturated rings. The molecule has 0 radical (unpaired) electrons. The quantitative estimate of drug-likeness (QED) is 0.490. The van der Waals surface area contributed by atoms with Gasteiger partial charge >= 0.3 is 6.03 Å². The van der Waals surface area contributed by atoms with Crippen LogP contribution in [-0.4, -0.2) is 59.0 Å². The number of alkyl halides is 1. The zero-order chi connectivity index (χ0) is 18.3. The van der Waals surface area contributed by atoms with E-state index >= 15 is 0 Å². The molecule has 8 heteroatoms. The molecule has 7 nitrogen and oxygen atoms in total. The fourth-order valence-corrected chi connectivity index (χ4v) is 4.72. The van der Waals surface area contributed by atoms with E-state index in [9.17, 15) is 9.70 Å². The summed E-state index contributed by atoms with van der Waals surface area (Å²) in [5.74, 6) is 0.517. The topological polar surface area (TPSA) is 80.8 Å². The lowest BCUT2D eigenvalue weighted by Crippen LogP contribution is -2.56. The Balaban J connectivity index is 1.57. The van der Waals surface area contributed by atoms with Crippen LogP contribution in [0.25, 0.3) is 10.9 Å². The van der Waals surface area contributed by atoms with Crippen molar-refractivity contribution in [2.75, 3.05) is 26.0 Å². The molecule has 1 aromatic heterocycles. The molecular formula is C18H22ClN5O2. The van der Waals surface area contributed by atoms with Crippen LogP contribution in [0.3, 0.4) is 0 Å². The number of aromatic nitrogens is 1. The summed E-state index contributed by atoms with van der Waals surface area (Å²) in [6.45, 7) is 0.855. The van der Waals surface area contributed by atoms with Crippen LogP contribution >= 0.6 is 11.6 Å². The van der Waals surface area contributed by atoms with Gasteiger partial charge in [-0.3, -0.25) is 0 Å². The summed E-state index contributed by atoms with van der Waals surface area (Å²) < 4.78 is 0. The Kier molecular flexibility index (Phi) is 4.58. The zero-order valence-electron chi connectivity index (χ0n) is 14.6. The lowest BCUT2D eigenvalue weighted by atomic mass is 9.74. The first-order valence-corrected chi connectivity index (χ1v) is 9.42. The number of nitrogens with zero attached hydrogens (tertiary/aromatic N) is 3. The van der Waals surface area contributed by atoms with Gasteiger partial charge < -0.3 is 15.2 Å². The number of halogens is 1. The number of benzene rings is 1. The number of rotatable bonds is 4. The van der Waals surface area contributed by atoms with Crippen LogP contribution < -0.4 is 5.32 Å². The number of nitroso groups, excluding NO2 is 1. The van der Waals surface area contributed by atoms with E-state index < -0.39 is 6.03 Å². The Labute approximate surface area is 156 Å². The van der Waals surface area contributed by atoms with Gasteiger partial charge in [0.1, 0.15) is 0 Å². The van der Waals surface area contributed by atoms with E-state index in [4.69, 9.17) is 11.6 Å². The highest BCUT2D eigenvalue weighted by molar-refractivity contribution is 6.18. The van der Waals surface area contributed by atoms with Crippen molar-refractivity contribution in [3.05, 3.63) is 40.4 Å². The van der Waals surface area contributed by atoms with Crippen molar-refractivity contribution in [3.8, 4) is 0 Å². The molecule has 0 bridgehead atoms. The number of nitrogens with one attached hydrogen (secondary N) is 2. The van der Waals surface area contributed by atoms with Crippen molar-refractivity contribution in [2.24, 2.45) is 5.29 Å². The number of fused-ring (bicyclic) bond motifs is 2. The molecule has 2 N–H and O–H groups in total. The highest BCUT2D eigenvalue weighted by Gasteiger charge is 2.40. The minimum atomic E-state index is -0.478. The number of likely N-dealkylation sites (tertiary alicyclic amines) is 1. The summed E-state index contributed by atoms with van der Waals surface area (Å²) in [6.07, 6.45) is 3.97. The third-order valence-corrected chi connectivity index (χ3v) is 5.85. The minimum Gasteiger partial charge on any atom is -0.361 e. The molecule has 1 aromatic carbocycles. The molecule has 0 saturated carbocycles. The molecule has 1 saturated heterocycles. The van der Waals surface area contributed by atoms with E-state index in [-0.39, 0.29) is 18.5 Å². The number of H-pyrrole nitrogens is 1. The lowest BCUT2D eigenvalue weighted by molar-refractivity contribution is 0.124. The summed E-state index contributed by atoms with van der Waals surface area (Å²) in [5.41, 5.74) is 3.87. The van der Waals surface area contributed by atoms with Crippen LogP contribution in [0.4, 0.5) is 4.79 Å². The molecule has 138 valence electrons. The van der Waals surface area contributed by atoms with E-state index in [0.29, 0.717) is 12.0 Å². The van der Waals surface area contributed by atoms with Crippen molar-refractivity contribution in [3.63, 3.8) is 0 Å². The fraction of sp³-hybridized carbons (Fsp3) is 0.500. The molecule has 3 atom stereocenters. The number of aromatic amines is 1. The molecule has 1 unspecified atom stereocenters. The Hall–Kier alpha value is -2.12. The molecular weight excluding hydrogens is 354 g/mol. The summed E-state index contributed by atoms with van der Waals surface area (Å²) in [4.78, 5) is 28.8. The number of piperidine rings is 1. The zero-order valence-corrected chi connectivity index (χ0v) is 15.4. The number of carbonyl (C=O) groups is 1. The van der Waals surface area contributed by atoms with Gasteiger partial charge in [-0.1, -0.05) is 12.1 Å². The van der Waals surface area contributed by atoms with Crippen LogP contribution in [0.1, 0.15) is 23.5 Å².